The van der Waals surface area contributed by atoms with Crippen LogP contribution in [0.1, 0.15) is 20.3 Å². The number of aliphatic hydroxyl groups excluding tert-OH is 2. The Morgan fingerprint density at radius 3 is 2.46 bits per heavy atom. The van der Waals surface area contributed by atoms with Crippen molar-refractivity contribution in [3.8, 4) is 0 Å². The smallest absolute Gasteiger partial charge is 0.341 e. The topological polar surface area (TPSA) is 134 Å². The van der Waals surface area contributed by atoms with Crippen molar-refractivity contribution >= 4 is 11.9 Å². The van der Waals surface area contributed by atoms with Gasteiger partial charge in [-0.2, -0.15) is 0 Å². The standard InChI is InChI=1S/C16H22O8/c1-6(2)8-9-12(19)24-11(10(8)18)14(3)15(9,21)5-7(17)16(14,22)13(20)23-4/h7-11,17-18,21-22H,1,5H2,2-4H3/t7-,8+,9-,10-,11-,14-,15-,16+/m1/s1. The number of ether oxygens (including phenoxy) is 2. The van der Waals surface area contributed by atoms with Gasteiger partial charge in [-0.1, -0.05) is 12.2 Å². The zero-order valence-corrected chi connectivity index (χ0v) is 13.7. The number of methoxy groups -OCH3 is 1. The van der Waals surface area contributed by atoms with Crippen molar-refractivity contribution in [2.75, 3.05) is 7.11 Å². The summed E-state index contributed by atoms with van der Waals surface area (Å²) >= 11 is 0. The molecule has 8 atom stereocenters. The van der Waals surface area contributed by atoms with E-state index in [1.807, 2.05) is 0 Å². The lowest BCUT2D eigenvalue weighted by atomic mass is 9.49. The Bertz CT molecular complexity index is 632. The van der Waals surface area contributed by atoms with Gasteiger partial charge in [0.15, 0.2) is 5.60 Å². The van der Waals surface area contributed by atoms with Crippen LogP contribution in [0.3, 0.4) is 0 Å². The molecule has 134 valence electrons. The summed E-state index contributed by atoms with van der Waals surface area (Å²) in [4.78, 5) is 24.6. The highest BCUT2D eigenvalue weighted by atomic mass is 16.6. The van der Waals surface area contributed by atoms with Crippen molar-refractivity contribution < 1.29 is 39.5 Å². The van der Waals surface area contributed by atoms with E-state index < -0.39 is 65.1 Å². The molecule has 8 nitrogen and oxygen atoms in total. The van der Waals surface area contributed by atoms with E-state index in [2.05, 4.69) is 11.3 Å². The molecule has 2 aliphatic carbocycles. The van der Waals surface area contributed by atoms with Gasteiger partial charge in [-0.25, -0.2) is 4.79 Å². The molecule has 8 heteroatoms. The number of carbonyl (C=O) groups excluding carboxylic acids is 2. The lowest BCUT2D eigenvalue weighted by Gasteiger charge is -2.62. The second kappa shape index (κ2) is 4.78. The molecule has 0 amide bonds. The second-order valence-electron chi connectivity index (χ2n) is 7.30. The van der Waals surface area contributed by atoms with Crippen molar-refractivity contribution in [3.63, 3.8) is 0 Å². The summed E-state index contributed by atoms with van der Waals surface area (Å²) in [7, 11) is 1.04. The zero-order valence-electron chi connectivity index (χ0n) is 13.7. The Balaban J connectivity index is 2.25. The zero-order chi connectivity index (χ0) is 18.2. The number of fused-ring (bicyclic) bond motifs is 2. The monoisotopic (exact) mass is 342 g/mol. The van der Waals surface area contributed by atoms with E-state index >= 15 is 0 Å². The third kappa shape index (κ3) is 1.53. The third-order valence-corrected chi connectivity index (χ3v) is 6.36. The van der Waals surface area contributed by atoms with Crippen molar-refractivity contribution in [1.29, 1.82) is 0 Å². The molecule has 4 aliphatic rings. The molecule has 2 bridgehead atoms. The summed E-state index contributed by atoms with van der Waals surface area (Å²) in [6.07, 6.45) is -4.79. The molecule has 0 spiro atoms. The van der Waals surface area contributed by atoms with Gasteiger partial charge in [0, 0.05) is 12.3 Å². The minimum atomic E-state index is -2.53. The maximum absolute atomic E-state index is 12.3. The fourth-order valence-electron chi connectivity index (χ4n) is 5.08. The molecule has 2 aliphatic heterocycles. The molecule has 24 heavy (non-hydrogen) atoms. The minimum Gasteiger partial charge on any atom is -0.467 e. The first-order chi connectivity index (χ1) is 11.0. The van der Waals surface area contributed by atoms with Crippen LogP contribution in [-0.2, 0) is 19.1 Å². The van der Waals surface area contributed by atoms with Gasteiger partial charge in [-0.15, -0.1) is 0 Å². The first-order valence-corrected chi connectivity index (χ1v) is 7.73. The predicted octanol–water partition coefficient (Wildman–Crippen LogP) is -1.50. The lowest BCUT2D eigenvalue weighted by Crippen LogP contribution is -2.79. The number of aliphatic hydroxyl groups is 4. The number of carbonyl (C=O) groups is 2. The van der Waals surface area contributed by atoms with Crippen LogP contribution >= 0.6 is 0 Å². The van der Waals surface area contributed by atoms with E-state index in [1.165, 1.54) is 6.92 Å². The quantitative estimate of drug-likeness (QED) is 0.352. The van der Waals surface area contributed by atoms with Crippen LogP contribution in [0.2, 0.25) is 0 Å². The number of esters is 2. The summed E-state index contributed by atoms with van der Waals surface area (Å²) in [5, 5.41) is 43.4. The Morgan fingerprint density at radius 2 is 1.96 bits per heavy atom. The largest absolute Gasteiger partial charge is 0.467 e. The van der Waals surface area contributed by atoms with E-state index in [9.17, 15) is 30.0 Å². The van der Waals surface area contributed by atoms with Gasteiger partial charge in [0.25, 0.3) is 0 Å². The van der Waals surface area contributed by atoms with Crippen LogP contribution < -0.4 is 0 Å². The van der Waals surface area contributed by atoms with Gasteiger partial charge in [0.05, 0.1) is 36.3 Å². The summed E-state index contributed by atoms with van der Waals surface area (Å²) < 4.78 is 9.84. The summed E-state index contributed by atoms with van der Waals surface area (Å²) in [6.45, 7) is 6.69. The highest BCUT2D eigenvalue weighted by Crippen LogP contribution is 2.67. The van der Waals surface area contributed by atoms with Crippen molar-refractivity contribution in [1.82, 2.24) is 0 Å². The molecular formula is C16H22O8. The Morgan fingerprint density at radius 1 is 1.38 bits per heavy atom. The van der Waals surface area contributed by atoms with Crippen molar-refractivity contribution in [2.24, 2.45) is 17.3 Å². The molecule has 4 rings (SSSR count). The first kappa shape index (κ1) is 17.3. The highest BCUT2D eigenvalue weighted by molar-refractivity contribution is 5.86. The molecule has 4 N–H and O–H groups in total. The van der Waals surface area contributed by atoms with Gasteiger partial charge in [-0.05, 0) is 13.8 Å². The SMILES string of the molecule is C=C(C)[C@@H]1[C@@H](O)[C@H]2OC(=O)[C@@H]1[C@]1(O)C[C@@H](O)[C@](O)(C(=O)OC)[C@]21C. The fraction of sp³-hybridized carbons (Fsp3) is 0.750. The third-order valence-electron chi connectivity index (χ3n) is 6.36. The first-order valence-electron chi connectivity index (χ1n) is 7.73. The average Bonchev–Trinajstić information content (AvgIpc) is 2.67. The normalized spacial score (nSPS) is 52.6. The molecule has 0 unspecified atom stereocenters. The predicted molar refractivity (Wildman–Crippen MR) is 78.3 cm³/mol. The van der Waals surface area contributed by atoms with Crippen LogP contribution in [0.15, 0.2) is 12.2 Å². The van der Waals surface area contributed by atoms with E-state index in [-0.39, 0.29) is 0 Å². The Labute approximate surface area is 138 Å². The lowest BCUT2D eigenvalue weighted by molar-refractivity contribution is -0.309. The molecule has 2 heterocycles. The summed E-state index contributed by atoms with van der Waals surface area (Å²) in [6, 6.07) is 0. The maximum atomic E-state index is 12.3. The second-order valence-corrected chi connectivity index (χ2v) is 7.30. The van der Waals surface area contributed by atoms with Gasteiger partial charge >= 0.3 is 11.9 Å². The van der Waals surface area contributed by atoms with Crippen LogP contribution in [0.4, 0.5) is 0 Å². The highest BCUT2D eigenvalue weighted by Gasteiger charge is 2.85. The van der Waals surface area contributed by atoms with Crippen molar-refractivity contribution in [3.05, 3.63) is 12.2 Å². The van der Waals surface area contributed by atoms with E-state index in [1.54, 1.807) is 6.92 Å². The summed E-state index contributed by atoms with van der Waals surface area (Å²) in [5.74, 6) is -3.97. The van der Waals surface area contributed by atoms with Gasteiger partial charge in [0.1, 0.15) is 6.10 Å². The minimum absolute atomic E-state index is 0.429. The molecule has 4 fully saturated rings. The van der Waals surface area contributed by atoms with Gasteiger partial charge < -0.3 is 29.9 Å². The Hall–Kier alpha value is -1.48. The van der Waals surface area contributed by atoms with Crippen molar-refractivity contribution in [2.45, 2.75) is 49.8 Å². The number of rotatable bonds is 2. The number of hydrogen-bond acceptors (Lipinski definition) is 8. The number of hydrogen-bond donors (Lipinski definition) is 4. The van der Waals surface area contributed by atoms with Crippen LogP contribution in [0.5, 0.6) is 0 Å². The maximum Gasteiger partial charge on any atom is 0.341 e. The molecule has 0 aromatic heterocycles. The Kier molecular flexibility index (Phi) is 3.46. The molecule has 0 radical (unpaired) electrons. The fourth-order valence-corrected chi connectivity index (χ4v) is 5.08. The van der Waals surface area contributed by atoms with E-state index in [0.717, 1.165) is 7.11 Å². The van der Waals surface area contributed by atoms with Crippen LogP contribution in [0.25, 0.3) is 0 Å². The molecule has 2 saturated heterocycles. The van der Waals surface area contributed by atoms with Crippen LogP contribution in [-0.4, -0.2) is 69.0 Å². The molecule has 2 saturated carbocycles. The molecule has 0 aromatic rings. The van der Waals surface area contributed by atoms with E-state index in [4.69, 9.17) is 4.74 Å². The van der Waals surface area contributed by atoms with Crippen LogP contribution in [0, 0.1) is 17.3 Å². The average molecular weight is 342 g/mol. The van der Waals surface area contributed by atoms with Gasteiger partial charge in [-0.3, -0.25) is 4.79 Å². The molecular weight excluding hydrogens is 320 g/mol. The van der Waals surface area contributed by atoms with E-state index in [0.29, 0.717) is 5.57 Å². The van der Waals surface area contributed by atoms with Gasteiger partial charge in [0.2, 0.25) is 0 Å². The molecule has 0 aromatic carbocycles. The summed E-state index contributed by atoms with van der Waals surface area (Å²) in [5.41, 5.74) is -5.86.